The van der Waals surface area contributed by atoms with E-state index in [1.807, 2.05) is 55.1 Å². The summed E-state index contributed by atoms with van der Waals surface area (Å²) >= 11 is 0. The summed E-state index contributed by atoms with van der Waals surface area (Å²) in [4.78, 5) is 1.88. The van der Waals surface area contributed by atoms with Gasteiger partial charge in [0, 0.05) is 24.2 Å². The van der Waals surface area contributed by atoms with Crippen LogP contribution in [0, 0.1) is 17.6 Å². The lowest BCUT2D eigenvalue weighted by atomic mass is 9.99. The van der Waals surface area contributed by atoms with Crippen LogP contribution in [0.3, 0.4) is 0 Å². The number of benzene rings is 3. The van der Waals surface area contributed by atoms with Crippen LogP contribution < -0.4 is 15.3 Å². The highest BCUT2D eigenvalue weighted by atomic mass is 28.4. The first-order valence-electron chi connectivity index (χ1n) is 14.4. The molecule has 40 heavy (non-hydrogen) atoms. The second-order valence-electron chi connectivity index (χ2n) is 12.5. The minimum atomic E-state index is -2.94. The van der Waals surface area contributed by atoms with E-state index in [0.717, 1.165) is 23.2 Å². The monoisotopic (exact) mass is 565 g/mol. The molecule has 5 rings (SSSR count). The van der Waals surface area contributed by atoms with Crippen LogP contribution >= 0.6 is 0 Å². The molecule has 0 bridgehead atoms. The molecule has 1 heterocycles. The Morgan fingerprint density at radius 1 is 0.925 bits per heavy atom. The summed E-state index contributed by atoms with van der Waals surface area (Å²) in [5, 5.41) is 12.9. The van der Waals surface area contributed by atoms with E-state index < -0.39 is 26.1 Å². The average Bonchev–Trinajstić information content (AvgIpc) is 3.76. The first-order chi connectivity index (χ1) is 19.0. The summed E-state index contributed by atoms with van der Waals surface area (Å²) in [5.74, 6) is -1.91. The van der Waals surface area contributed by atoms with Crippen molar-refractivity contribution in [2.75, 3.05) is 18.0 Å². The Bertz CT molecular complexity index is 1260. The molecule has 1 saturated heterocycles. The summed E-state index contributed by atoms with van der Waals surface area (Å²) in [7, 11) is -2.94. The quantitative estimate of drug-likeness (QED) is 0.335. The molecular formula is C33H41F2NO3Si. The van der Waals surface area contributed by atoms with Gasteiger partial charge >= 0.3 is 0 Å². The fraction of sp³-hybridized carbons (Fsp3) is 0.455. The Morgan fingerprint density at radius 2 is 1.45 bits per heavy atom. The van der Waals surface area contributed by atoms with Crippen molar-refractivity contribution in [3.05, 3.63) is 89.5 Å². The second-order valence-corrected chi connectivity index (χ2v) is 16.8. The lowest BCUT2D eigenvalue weighted by molar-refractivity contribution is -0.00554. The van der Waals surface area contributed by atoms with Gasteiger partial charge in [0.25, 0.3) is 8.32 Å². The number of aliphatic hydroxyl groups excluding tert-OH is 1. The van der Waals surface area contributed by atoms with Gasteiger partial charge in [-0.3, -0.25) is 0 Å². The molecule has 1 saturated carbocycles. The van der Waals surface area contributed by atoms with Crippen molar-refractivity contribution in [3.63, 3.8) is 0 Å². The molecule has 1 aliphatic heterocycles. The van der Waals surface area contributed by atoms with Crippen molar-refractivity contribution >= 4 is 24.4 Å². The van der Waals surface area contributed by atoms with Crippen molar-refractivity contribution in [1.29, 1.82) is 0 Å². The number of halogens is 2. The van der Waals surface area contributed by atoms with Crippen molar-refractivity contribution in [3.8, 4) is 0 Å². The maximum Gasteiger partial charge on any atom is 0.261 e. The minimum Gasteiger partial charge on any atom is -0.403 e. The van der Waals surface area contributed by atoms with Gasteiger partial charge in [0.1, 0.15) is 0 Å². The number of anilines is 1. The molecule has 7 heteroatoms. The number of hydrogen-bond donors (Lipinski definition) is 1. The third-order valence-electron chi connectivity index (χ3n) is 8.27. The molecule has 0 amide bonds. The number of rotatable bonds is 8. The molecule has 1 aliphatic carbocycles. The molecule has 0 radical (unpaired) electrons. The van der Waals surface area contributed by atoms with E-state index in [9.17, 15) is 5.11 Å². The molecule has 2 fully saturated rings. The van der Waals surface area contributed by atoms with Gasteiger partial charge in [0.05, 0.1) is 30.6 Å². The van der Waals surface area contributed by atoms with Gasteiger partial charge in [0.2, 0.25) is 0 Å². The summed E-state index contributed by atoms with van der Waals surface area (Å²) in [6, 6.07) is 22.2. The molecule has 0 spiro atoms. The first-order valence-corrected chi connectivity index (χ1v) is 16.3. The first kappa shape index (κ1) is 28.9. The SMILES string of the molecule is CC1CN(c2c(CO[Si](c3ccccc3)(c3ccccc3)C(C)(C)C)cc(C(O)C3CC3)c(F)c2F)CC(C)O1. The zero-order valence-corrected chi connectivity index (χ0v) is 25.2. The van der Waals surface area contributed by atoms with Crippen LogP contribution in [0.2, 0.25) is 5.04 Å². The summed E-state index contributed by atoms with van der Waals surface area (Å²) in [5.41, 5.74) is 0.797. The Labute approximate surface area is 238 Å². The van der Waals surface area contributed by atoms with E-state index in [1.54, 1.807) is 6.07 Å². The zero-order chi connectivity index (χ0) is 28.7. The predicted molar refractivity (Wildman–Crippen MR) is 159 cm³/mol. The van der Waals surface area contributed by atoms with E-state index in [2.05, 4.69) is 45.0 Å². The summed E-state index contributed by atoms with van der Waals surface area (Å²) in [6.45, 7) is 11.4. The highest BCUT2D eigenvalue weighted by Gasteiger charge is 2.50. The molecule has 3 atom stereocenters. The van der Waals surface area contributed by atoms with Crippen LogP contribution in [0.5, 0.6) is 0 Å². The van der Waals surface area contributed by atoms with Gasteiger partial charge in [-0.2, -0.15) is 0 Å². The molecule has 3 unspecified atom stereocenters. The average molecular weight is 566 g/mol. The third kappa shape index (κ3) is 5.49. The molecule has 0 aromatic heterocycles. The topological polar surface area (TPSA) is 41.9 Å². The predicted octanol–water partition coefficient (Wildman–Crippen LogP) is 6.10. The van der Waals surface area contributed by atoms with Gasteiger partial charge in [-0.15, -0.1) is 0 Å². The lowest BCUT2D eigenvalue weighted by Gasteiger charge is -2.43. The molecule has 3 aromatic carbocycles. The molecule has 214 valence electrons. The van der Waals surface area contributed by atoms with E-state index in [1.165, 1.54) is 0 Å². The van der Waals surface area contributed by atoms with E-state index in [-0.39, 0.29) is 41.0 Å². The van der Waals surface area contributed by atoms with Crippen molar-refractivity contribution < 1.29 is 23.1 Å². The maximum absolute atomic E-state index is 16.1. The van der Waals surface area contributed by atoms with Crippen LogP contribution in [-0.2, 0) is 15.8 Å². The van der Waals surface area contributed by atoms with Crippen molar-refractivity contribution in [2.45, 2.75) is 77.4 Å². The second kappa shape index (κ2) is 11.4. The van der Waals surface area contributed by atoms with Crippen LogP contribution in [0.4, 0.5) is 14.5 Å². The van der Waals surface area contributed by atoms with Crippen molar-refractivity contribution in [2.24, 2.45) is 5.92 Å². The van der Waals surface area contributed by atoms with Gasteiger partial charge < -0.3 is 19.2 Å². The molecule has 1 N–H and O–H groups in total. The molecule has 3 aromatic rings. The number of aliphatic hydroxyl groups is 1. The lowest BCUT2D eigenvalue weighted by Crippen LogP contribution is -2.66. The zero-order valence-electron chi connectivity index (χ0n) is 24.2. The number of morpholine rings is 1. The Hall–Kier alpha value is -2.58. The molecule has 4 nitrogen and oxygen atoms in total. The van der Waals surface area contributed by atoms with Gasteiger partial charge in [0.15, 0.2) is 11.6 Å². The van der Waals surface area contributed by atoms with E-state index in [4.69, 9.17) is 9.16 Å². The summed E-state index contributed by atoms with van der Waals surface area (Å²) < 4.78 is 44.7. The van der Waals surface area contributed by atoms with E-state index >= 15 is 8.78 Å². The Kier molecular flexibility index (Phi) is 8.21. The summed E-state index contributed by atoms with van der Waals surface area (Å²) in [6.07, 6.45) is 0.340. The van der Waals surface area contributed by atoms with E-state index in [0.29, 0.717) is 18.7 Å². The van der Waals surface area contributed by atoms with Crippen LogP contribution in [-0.4, -0.2) is 38.7 Å². The molecule has 2 aliphatic rings. The van der Waals surface area contributed by atoms with Gasteiger partial charge in [-0.25, -0.2) is 8.78 Å². The van der Waals surface area contributed by atoms with Crippen molar-refractivity contribution in [1.82, 2.24) is 0 Å². The Balaban J connectivity index is 1.65. The normalized spacial score (nSPS) is 20.9. The van der Waals surface area contributed by atoms with Crippen LogP contribution in [0.15, 0.2) is 66.7 Å². The maximum atomic E-state index is 16.1. The molecular weight excluding hydrogens is 524 g/mol. The number of hydrogen-bond acceptors (Lipinski definition) is 4. The minimum absolute atomic E-state index is 0.0270. The fourth-order valence-electron chi connectivity index (χ4n) is 6.33. The Morgan fingerprint density at radius 3 is 1.93 bits per heavy atom. The largest absolute Gasteiger partial charge is 0.403 e. The van der Waals surface area contributed by atoms with Crippen LogP contribution in [0.25, 0.3) is 0 Å². The number of nitrogens with zero attached hydrogens (tertiary/aromatic N) is 1. The highest BCUT2D eigenvalue weighted by molar-refractivity contribution is 6.99. The van der Waals surface area contributed by atoms with Gasteiger partial charge in [-0.05, 0) is 54.1 Å². The smallest absolute Gasteiger partial charge is 0.261 e. The highest BCUT2D eigenvalue weighted by Crippen LogP contribution is 2.44. The number of ether oxygens (including phenoxy) is 1. The standard InChI is InChI=1S/C33H41F2NO3Si/c1-22-19-36(20-23(2)39-22)31-25(18-28(29(34)30(31)35)32(37)24-16-17-24)21-38-40(33(3,4)5,26-12-8-6-9-13-26)27-14-10-7-11-15-27/h6-15,18,22-24,32,37H,16-17,19-21H2,1-5H3. The fourth-order valence-corrected chi connectivity index (χ4v) is 10.9. The van der Waals surface area contributed by atoms with Gasteiger partial charge in [-0.1, -0.05) is 81.4 Å². The third-order valence-corrected chi connectivity index (χ3v) is 13.3. The van der Waals surface area contributed by atoms with Crippen LogP contribution in [0.1, 0.15) is 64.7 Å².